The Kier molecular flexibility index (Phi) is 11.0. The van der Waals surface area contributed by atoms with Crippen LogP contribution >= 0.6 is 7.82 Å². The number of hydrogen-bond acceptors (Lipinski definition) is 8. The normalized spacial score (nSPS) is 16.4. The molecule has 9 nitrogen and oxygen atoms in total. The van der Waals surface area contributed by atoms with E-state index in [0.717, 1.165) is 0 Å². The van der Waals surface area contributed by atoms with Gasteiger partial charge in [-0.3, -0.25) is 15.1 Å². The fraction of sp³-hybridized carbons (Fsp3) is 1.00. The van der Waals surface area contributed by atoms with Crippen molar-refractivity contribution in [3.63, 3.8) is 0 Å². The summed E-state index contributed by atoms with van der Waals surface area (Å²) in [5.41, 5.74) is 0. The van der Waals surface area contributed by atoms with Crippen molar-refractivity contribution in [2.45, 2.75) is 6.10 Å². The van der Waals surface area contributed by atoms with Crippen molar-refractivity contribution in [1.29, 1.82) is 0 Å². The van der Waals surface area contributed by atoms with Crippen LogP contribution in [0.25, 0.3) is 0 Å². The van der Waals surface area contributed by atoms with Gasteiger partial charge in [0.2, 0.25) is 0 Å². The molecular formula is C8H22NO8P. The molecule has 0 rings (SSSR count). The molecule has 0 saturated heterocycles. The largest absolute Gasteiger partial charge is 0.756 e. The lowest BCUT2D eigenvalue weighted by molar-refractivity contribution is -0.870. The van der Waals surface area contributed by atoms with Gasteiger partial charge in [-0.05, 0) is 0 Å². The van der Waals surface area contributed by atoms with E-state index in [2.05, 4.69) is 9.05 Å². The summed E-state index contributed by atoms with van der Waals surface area (Å²) in [7, 11) is 1.32. The molecule has 0 fully saturated rings. The Bertz CT molecular complexity index is 244. The van der Waals surface area contributed by atoms with Crippen molar-refractivity contribution >= 4 is 7.82 Å². The lowest BCUT2D eigenvalue weighted by Gasteiger charge is -2.27. The van der Waals surface area contributed by atoms with E-state index in [9.17, 15) is 9.46 Å². The standard InChI is InChI=1S/C8H20NO6P.H2O2/c1-9(2,3)4-5-14-16(12,13)15-7-8(11)6-10;1-2/h8,10-11H,4-7H2,1-3H3;1-2H. The Morgan fingerprint density at radius 2 is 1.78 bits per heavy atom. The fourth-order valence-electron chi connectivity index (χ4n) is 0.694. The first kappa shape index (κ1) is 20.2. The molecule has 10 heteroatoms. The van der Waals surface area contributed by atoms with E-state index >= 15 is 0 Å². The molecule has 2 unspecified atom stereocenters. The lowest BCUT2D eigenvalue weighted by Crippen LogP contribution is -2.37. The molecule has 0 aliphatic heterocycles. The molecule has 0 aliphatic carbocycles. The van der Waals surface area contributed by atoms with Crippen LogP contribution in [0.5, 0.6) is 0 Å². The molecule has 0 radical (unpaired) electrons. The van der Waals surface area contributed by atoms with Crippen LogP contribution in [0, 0.1) is 0 Å². The first-order valence-corrected chi connectivity index (χ1v) is 6.52. The van der Waals surface area contributed by atoms with E-state index in [1.807, 2.05) is 21.1 Å². The minimum absolute atomic E-state index is 0.0134. The number of rotatable bonds is 8. The number of aliphatic hydroxyl groups excluding tert-OH is 2. The maximum absolute atomic E-state index is 11.1. The zero-order valence-corrected chi connectivity index (χ0v) is 11.6. The van der Waals surface area contributed by atoms with Crippen molar-refractivity contribution in [2.75, 3.05) is 47.5 Å². The number of aliphatic hydroxyl groups is 2. The minimum atomic E-state index is -4.38. The molecular weight excluding hydrogens is 269 g/mol. The molecule has 0 bridgehead atoms. The highest BCUT2D eigenvalue weighted by atomic mass is 31.2. The zero-order chi connectivity index (χ0) is 14.8. The summed E-state index contributed by atoms with van der Waals surface area (Å²) in [5, 5.41) is 29.3. The van der Waals surface area contributed by atoms with E-state index in [-0.39, 0.29) is 6.61 Å². The van der Waals surface area contributed by atoms with Gasteiger partial charge in [0, 0.05) is 0 Å². The Balaban J connectivity index is 0. The summed E-state index contributed by atoms with van der Waals surface area (Å²) in [6.45, 7) is -0.530. The van der Waals surface area contributed by atoms with Crippen molar-refractivity contribution < 1.29 is 43.7 Å². The van der Waals surface area contributed by atoms with Crippen LogP contribution in [0.15, 0.2) is 0 Å². The zero-order valence-electron chi connectivity index (χ0n) is 10.7. The van der Waals surface area contributed by atoms with Gasteiger partial charge in [0.25, 0.3) is 7.82 Å². The molecule has 0 heterocycles. The molecule has 2 atom stereocenters. The second-order valence-electron chi connectivity index (χ2n) is 4.43. The van der Waals surface area contributed by atoms with E-state index in [1.54, 1.807) is 0 Å². The average molecular weight is 291 g/mol. The predicted molar refractivity (Wildman–Crippen MR) is 60.8 cm³/mol. The molecule has 0 aliphatic rings. The number of phosphoric acid groups is 1. The molecule has 112 valence electrons. The Hall–Kier alpha value is -0.0900. The molecule has 0 aromatic rings. The smallest absolute Gasteiger partial charge is 0.268 e. The van der Waals surface area contributed by atoms with Crippen LogP contribution in [0.1, 0.15) is 0 Å². The topological polar surface area (TPSA) is 140 Å². The molecule has 18 heavy (non-hydrogen) atoms. The monoisotopic (exact) mass is 291 g/mol. The highest BCUT2D eigenvalue weighted by Gasteiger charge is 2.14. The summed E-state index contributed by atoms with van der Waals surface area (Å²) >= 11 is 0. The highest BCUT2D eigenvalue weighted by molar-refractivity contribution is 7.45. The first-order chi connectivity index (χ1) is 8.16. The summed E-state index contributed by atoms with van der Waals surface area (Å²) in [6.07, 6.45) is -1.22. The van der Waals surface area contributed by atoms with Crippen molar-refractivity contribution in [2.24, 2.45) is 0 Å². The van der Waals surface area contributed by atoms with Gasteiger partial charge in [-0.15, -0.1) is 0 Å². The molecule has 0 aromatic heterocycles. The maximum Gasteiger partial charge on any atom is 0.268 e. The summed E-state index contributed by atoms with van der Waals surface area (Å²) in [5.74, 6) is 0. The second kappa shape index (κ2) is 9.79. The predicted octanol–water partition coefficient (Wildman–Crippen LogP) is -1.44. The third-order valence-corrected chi connectivity index (χ3v) is 2.61. The van der Waals surface area contributed by atoms with E-state index in [1.165, 1.54) is 0 Å². The number of phosphoric ester groups is 1. The third kappa shape index (κ3) is 14.0. The van der Waals surface area contributed by atoms with Crippen molar-refractivity contribution in [1.82, 2.24) is 0 Å². The molecule has 4 N–H and O–H groups in total. The van der Waals surface area contributed by atoms with Crippen LogP contribution in [-0.4, -0.2) is 78.8 Å². The maximum atomic E-state index is 11.1. The summed E-state index contributed by atoms with van der Waals surface area (Å²) in [6, 6.07) is 0. The summed E-state index contributed by atoms with van der Waals surface area (Å²) in [4.78, 5) is 11.1. The fourth-order valence-corrected chi connectivity index (χ4v) is 1.43. The minimum Gasteiger partial charge on any atom is -0.756 e. The summed E-state index contributed by atoms with van der Waals surface area (Å²) < 4.78 is 20.6. The lowest BCUT2D eigenvalue weighted by atomic mass is 10.4. The number of quaternary nitrogens is 1. The van der Waals surface area contributed by atoms with Gasteiger partial charge >= 0.3 is 0 Å². The van der Waals surface area contributed by atoms with Gasteiger partial charge in [0.05, 0.1) is 34.4 Å². The molecule has 0 saturated carbocycles. The van der Waals surface area contributed by atoms with Gasteiger partial charge in [0.15, 0.2) is 0 Å². The number of nitrogens with zero attached hydrogens (tertiary/aromatic N) is 1. The SMILES string of the molecule is C[N+](C)(C)CCOP(=O)([O-])OCC(O)CO.OO. The van der Waals surface area contributed by atoms with E-state index in [0.29, 0.717) is 11.0 Å². The van der Waals surface area contributed by atoms with Gasteiger partial charge in [-0.25, -0.2) is 0 Å². The van der Waals surface area contributed by atoms with Gasteiger partial charge in [0.1, 0.15) is 19.3 Å². The van der Waals surface area contributed by atoms with E-state index < -0.39 is 27.1 Å². The van der Waals surface area contributed by atoms with Crippen LogP contribution in [0.2, 0.25) is 0 Å². The van der Waals surface area contributed by atoms with E-state index in [4.69, 9.17) is 20.7 Å². The number of hydrogen-bond donors (Lipinski definition) is 4. The van der Waals surface area contributed by atoms with Crippen molar-refractivity contribution in [3.05, 3.63) is 0 Å². The molecule has 0 aromatic carbocycles. The quantitative estimate of drug-likeness (QED) is 0.185. The van der Waals surface area contributed by atoms with Crippen LogP contribution in [-0.2, 0) is 13.6 Å². The van der Waals surface area contributed by atoms with Crippen LogP contribution < -0.4 is 4.89 Å². The van der Waals surface area contributed by atoms with Gasteiger partial charge in [-0.1, -0.05) is 0 Å². The average Bonchev–Trinajstić information content (AvgIpc) is 2.26. The Morgan fingerprint density at radius 1 is 1.28 bits per heavy atom. The second-order valence-corrected chi connectivity index (χ2v) is 5.84. The van der Waals surface area contributed by atoms with Crippen molar-refractivity contribution in [3.8, 4) is 0 Å². The highest BCUT2D eigenvalue weighted by Crippen LogP contribution is 2.38. The molecule has 0 spiro atoms. The molecule has 0 amide bonds. The number of likely N-dealkylation sites (N-methyl/N-ethyl adjacent to an activating group) is 1. The Morgan fingerprint density at radius 3 is 2.17 bits per heavy atom. The third-order valence-electron chi connectivity index (χ3n) is 1.65. The van der Waals surface area contributed by atoms with Gasteiger partial charge < -0.3 is 28.6 Å². The van der Waals surface area contributed by atoms with Crippen LogP contribution in [0.3, 0.4) is 0 Å². The Labute approximate surface area is 106 Å². The van der Waals surface area contributed by atoms with Gasteiger partial charge in [-0.2, -0.15) is 0 Å². The first-order valence-electron chi connectivity index (χ1n) is 5.06. The van der Waals surface area contributed by atoms with Crippen LogP contribution in [0.4, 0.5) is 0 Å².